The summed E-state index contributed by atoms with van der Waals surface area (Å²) in [6, 6.07) is 14.4. The molecule has 2 rings (SSSR count). The molecule has 0 saturated heterocycles. The minimum atomic E-state index is -3.73. The van der Waals surface area contributed by atoms with Crippen molar-refractivity contribution in [2.75, 3.05) is 0 Å². The monoisotopic (exact) mass is 266 g/mol. The Balaban J connectivity index is 2.72. The van der Waals surface area contributed by atoms with Gasteiger partial charge in [-0.15, -0.1) is 0 Å². The van der Waals surface area contributed by atoms with Crippen molar-refractivity contribution in [3.05, 3.63) is 54.1 Å². The number of benzene rings is 2. The molecule has 0 fully saturated rings. The van der Waals surface area contributed by atoms with Gasteiger partial charge in [0.05, 0.1) is 4.90 Å². The highest BCUT2D eigenvalue weighted by molar-refractivity contribution is 8.13. The maximum absolute atomic E-state index is 11.5. The predicted octanol–water partition coefficient (Wildman–Crippen LogP) is 3.59. The number of rotatable bonds is 2. The van der Waals surface area contributed by atoms with Gasteiger partial charge in [0.2, 0.25) is 0 Å². The highest BCUT2D eigenvalue weighted by Gasteiger charge is 2.16. The Morgan fingerprint density at radius 3 is 2.24 bits per heavy atom. The van der Waals surface area contributed by atoms with Crippen LogP contribution in [0.4, 0.5) is 0 Å². The lowest BCUT2D eigenvalue weighted by Crippen LogP contribution is -1.95. The van der Waals surface area contributed by atoms with E-state index >= 15 is 0 Å². The summed E-state index contributed by atoms with van der Waals surface area (Å²) in [4.78, 5) is 0.149. The second-order valence-electron chi connectivity index (χ2n) is 3.80. The molecular weight excluding hydrogens is 256 g/mol. The molecule has 0 bridgehead atoms. The van der Waals surface area contributed by atoms with Crippen molar-refractivity contribution in [3.8, 4) is 11.1 Å². The molecule has 0 heterocycles. The van der Waals surface area contributed by atoms with E-state index in [2.05, 4.69) is 0 Å². The molecule has 0 atom stereocenters. The van der Waals surface area contributed by atoms with Crippen LogP contribution >= 0.6 is 10.7 Å². The van der Waals surface area contributed by atoms with Gasteiger partial charge in [0, 0.05) is 16.2 Å². The summed E-state index contributed by atoms with van der Waals surface area (Å²) < 4.78 is 23.0. The maximum Gasteiger partial charge on any atom is 0.261 e. The Bertz CT molecular complexity index is 634. The molecule has 2 aromatic carbocycles. The molecule has 0 aliphatic rings. The van der Waals surface area contributed by atoms with E-state index < -0.39 is 9.05 Å². The van der Waals surface area contributed by atoms with Crippen molar-refractivity contribution < 1.29 is 8.42 Å². The molecule has 0 spiro atoms. The summed E-state index contributed by atoms with van der Waals surface area (Å²) >= 11 is 0. The van der Waals surface area contributed by atoms with E-state index in [-0.39, 0.29) is 4.90 Å². The molecule has 0 saturated carbocycles. The molecule has 0 radical (unpaired) electrons. The highest BCUT2D eigenvalue weighted by atomic mass is 35.7. The van der Waals surface area contributed by atoms with Gasteiger partial charge in [-0.25, -0.2) is 8.42 Å². The molecule has 0 unspecified atom stereocenters. The van der Waals surface area contributed by atoms with Crippen LogP contribution in [0.1, 0.15) is 5.56 Å². The Morgan fingerprint density at radius 2 is 1.65 bits per heavy atom. The van der Waals surface area contributed by atoms with E-state index in [1.165, 1.54) is 0 Å². The van der Waals surface area contributed by atoms with E-state index in [1.807, 2.05) is 43.3 Å². The van der Waals surface area contributed by atoms with Crippen LogP contribution in [0, 0.1) is 6.92 Å². The lowest BCUT2D eigenvalue weighted by molar-refractivity contribution is 0.610. The average Bonchev–Trinajstić information content (AvgIpc) is 2.28. The zero-order valence-electron chi connectivity index (χ0n) is 9.22. The zero-order valence-corrected chi connectivity index (χ0v) is 10.8. The number of aryl methyl sites for hydroxylation is 1. The first-order chi connectivity index (χ1) is 7.98. The van der Waals surface area contributed by atoms with Crippen molar-refractivity contribution in [1.82, 2.24) is 0 Å². The van der Waals surface area contributed by atoms with E-state index in [1.54, 1.807) is 12.1 Å². The SMILES string of the molecule is Cc1ccc(S(=O)(=O)Cl)c(-c2ccccc2)c1. The van der Waals surface area contributed by atoms with E-state index in [9.17, 15) is 8.42 Å². The van der Waals surface area contributed by atoms with Crippen molar-refractivity contribution in [3.63, 3.8) is 0 Å². The molecule has 2 aromatic rings. The number of halogens is 1. The number of hydrogen-bond acceptors (Lipinski definition) is 2. The smallest absolute Gasteiger partial charge is 0.207 e. The van der Waals surface area contributed by atoms with Crippen LogP contribution in [0.15, 0.2) is 53.4 Å². The van der Waals surface area contributed by atoms with Crippen molar-refractivity contribution in [2.24, 2.45) is 0 Å². The van der Waals surface area contributed by atoms with Gasteiger partial charge < -0.3 is 0 Å². The molecule has 0 amide bonds. The van der Waals surface area contributed by atoms with Crippen molar-refractivity contribution in [1.29, 1.82) is 0 Å². The Morgan fingerprint density at radius 1 is 1.00 bits per heavy atom. The van der Waals surface area contributed by atoms with Crippen LogP contribution in [0.25, 0.3) is 11.1 Å². The van der Waals surface area contributed by atoms with Crippen LogP contribution < -0.4 is 0 Å². The highest BCUT2D eigenvalue weighted by Crippen LogP contribution is 2.30. The molecule has 0 aliphatic carbocycles. The largest absolute Gasteiger partial charge is 0.261 e. The summed E-state index contributed by atoms with van der Waals surface area (Å²) in [5.74, 6) is 0. The lowest BCUT2D eigenvalue weighted by atomic mass is 10.0. The van der Waals surface area contributed by atoms with Crippen LogP contribution in [0.2, 0.25) is 0 Å². The zero-order chi connectivity index (χ0) is 12.5. The fourth-order valence-corrected chi connectivity index (χ4v) is 2.77. The lowest BCUT2D eigenvalue weighted by Gasteiger charge is -2.08. The van der Waals surface area contributed by atoms with Crippen LogP contribution in [-0.4, -0.2) is 8.42 Å². The molecule has 0 aliphatic heterocycles. The fraction of sp³-hybridized carbons (Fsp3) is 0.0769. The summed E-state index contributed by atoms with van der Waals surface area (Å²) in [5, 5.41) is 0. The molecular formula is C13H11ClO2S. The minimum Gasteiger partial charge on any atom is -0.207 e. The summed E-state index contributed by atoms with van der Waals surface area (Å²) in [6.07, 6.45) is 0. The van der Waals surface area contributed by atoms with Gasteiger partial charge in [-0.05, 0) is 18.6 Å². The van der Waals surface area contributed by atoms with Crippen LogP contribution in [0.5, 0.6) is 0 Å². The molecule has 0 aromatic heterocycles. The second kappa shape index (κ2) is 4.51. The quantitative estimate of drug-likeness (QED) is 0.779. The van der Waals surface area contributed by atoms with Gasteiger partial charge in [-0.3, -0.25) is 0 Å². The standard InChI is InChI=1S/C13H11ClO2S/c1-10-7-8-13(17(14,15)16)12(9-10)11-5-3-2-4-6-11/h2-9H,1H3. The van der Waals surface area contributed by atoms with Gasteiger partial charge in [-0.1, -0.05) is 48.0 Å². The molecule has 4 heteroatoms. The van der Waals surface area contributed by atoms with Crippen molar-refractivity contribution in [2.45, 2.75) is 11.8 Å². The summed E-state index contributed by atoms with van der Waals surface area (Å²) in [5.41, 5.74) is 2.48. The van der Waals surface area contributed by atoms with E-state index in [4.69, 9.17) is 10.7 Å². The number of hydrogen-bond donors (Lipinski definition) is 0. The third-order valence-corrected chi connectivity index (χ3v) is 3.86. The maximum atomic E-state index is 11.5. The first kappa shape index (κ1) is 12.1. The van der Waals surface area contributed by atoms with Gasteiger partial charge in [0.15, 0.2) is 0 Å². The summed E-state index contributed by atoms with van der Waals surface area (Å²) in [7, 11) is 1.71. The van der Waals surface area contributed by atoms with Gasteiger partial charge in [0.1, 0.15) is 0 Å². The third kappa shape index (κ3) is 2.68. The van der Waals surface area contributed by atoms with Crippen LogP contribution in [-0.2, 0) is 9.05 Å². The third-order valence-electron chi connectivity index (χ3n) is 2.48. The van der Waals surface area contributed by atoms with Gasteiger partial charge in [0.25, 0.3) is 9.05 Å². The topological polar surface area (TPSA) is 34.1 Å². The Kier molecular flexibility index (Phi) is 3.22. The second-order valence-corrected chi connectivity index (χ2v) is 6.34. The van der Waals surface area contributed by atoms with Gasteiger partial charge in [-0.2, -0.15) is 0 Å². The molecule has 88 valence electrons. The Hall–Kier alpha value is -1.32. The normalized spacial score (nSPS) is 11.4. The average molecular weight is 267 g/mol. The first-order valence-electron chi connectivity index (χ1n) is 5.09. The Labute approximate surface area is 105 Å². The summed E-state index contributed by atoms with van der Waals surface area (Å²) in [6.45, 7) is 1.91. The minimum absolute atomic E-state index is 0.149. The molecule has 0 N–H and O–H groups in total. The molecule has 17 heavy (non-hydrogen) atoms. The van der Waals surface area contributed by atoms with Gasteiger partial charge >= 0.3 is 0 Å². The van der Waals surface area contributed by atoms with E-state index in [0.717, 1.165) is 11.1 Å². The molecule has 2 nitrogen and oxygen atoms in total. The van der Waals surface area contributed by atoms with Crippen LogP contribution in [0.3, 0.4) is 0 Å². The van der Waals surface area contributed by atoms with Crippen molar-refractivity contribution >= 4 is 19.7 Å². The van der Waals surface area contributed by atoms with E-state index in [0.29, 0.717) is 5.56 Å². The fourth-order valence-electron chi connectivity index (χ4n) is 1.70. The predicted molar refractivity (Wildman–Crippen MR) is 69.7 cm³/mol. The first-order valence-corrected chi connectivity index (χ1v) is 7.40.